The Kier molecular flexibility index (Phi) is 6.74. The van der Waals surface area contributed by atoms with Crippen molar-refractivity contribution in [3.05, 3.63) is 6.07 Å². The Bertz CT molecular complexity index is 365. The lowest BCUT2D eigenvalue weighted by atomic mass is 10.0. The Labute approximate surface area is 123 Å². The second-order valence-electron chi connectivity index (χ2n) is 4.22. The second kappa shape index (κ2) is 7.81. The summed E-state index contributed by atoms with van der Waals surface area (Å²) >= 11 is 3.41. The molecule has 0 saturated heterocycles. The number of thioether (sulfide) groups is 2. The Morgan fingerprint density at radius 2 is 1.84 bits per heavy atom. The smallest absolute Gasteiger partial charge is 0.191 e. The fourth-order valence-electron chi connectivity index (χ4n) is 1.79. The maximum atomic E-state index is 5.42. The average Bonchev–Trinajstić information content (AvgIpc) is 2.48. The highest BCUT2D eigenvalue weighted by Gasteiger charge is 2.24. The van der Waals surface area contributed by atoms with Gasteiger partial charge in [0.05, 0.1) is 0 Å². The van der Waals surface area contributed by atoms with Gasteiger partial charge in [0.2, 0.25) is 0 Å². The highest BCUT2D eigenvalue weighted by Crippen LogP contribution is 2.30. The van der Waals surface area contributed by atoms with Crippen LogP contribution in [0.4, 0.5) is 11.6 Å². The monoisotopic (exact) mass is 301 g/mol. The fourth-order valence-corrected chi connectivity index (χ4v) is 2.97. The van der Waals surface area contributed by atoms with E-state index in [9.17, 15) is 0 Å². The molecule has 5 nitrogen and oxygen atoms in total. The van der Waals surface area contributed by atoms with Crippen LogP contribution in [-0.2, 0) is 0 Å². The number of nitrogens with zero attached hydrogens (tertiary/aromatic N) is 2. The van der Waals surface area contributed by atoms with Crippen molar-refractivity contribution >= 4 is 35.2 Å². The van der Waals surface area contributed by atoms with Gasteiger partial charge in [0.1, 0.15) is 11.6 Å². The molecule has 1 aromatic heterocycles. The predicted molar refractivity (Wildman–Crippen MR) is 86.9 cm³/mol. The van der Waals surface area contributed by atoms with Crippen molar-refractivity contribution in [3.8, 4) is 0 Å². The third-order valence-corrected chi connectivity index (χ3v) is 5.48. The molecule has 108 valence electrons. The van der Waals surface area contributed by atoms with Gasteiger partial charge < -0.3 is 10.7 Å². The van der Waals surface area contributed by atoms with Gasteiger partial charge in [-0.05, 0) is 25.4 Å². The highest BCUT2D eigenvalue weighted by atomic mass is 32.2. The van der Waals surface area contributed by atoms with Crippen LogP contribution < -0.4 is 16.6 Å². The number of hydrogen-bond donors (Lipinski definition) is 3. The van der Waals surface area contributed by atoms with E-state index in [1.807, 2.05) is 24.1 Å². The van der Waals surface area contributed by atoms with E-state index in [4.69, 9.17) is 5.84 Å². The summed E-state index contributed by atoms with van der Waals surface area (Å²) in [6.45, 7) is 5.33. The van der Waals surface area contributed by atoms with E-state index in [0.717, 1.165) is 25.2 Å². The van der Waals surface area contributed by atoms with Crippen LogP contribution in [0.15, 0.2) is 11.2 Å². The molecule has 7 heteroatoms. The molecule has 19 heavy (non-hydrogen) atoms. The first-order valence-corrected chi connectivity index (χ1v) is 8.76. The fraction of sp³-hybridized carbons (Fsp3) is 0.667. The van der Waals surface area contributed by atoms with E-state index in [1.54, 1.807) is 0 Å². The first-order chi connectivity index (χ1) is 9.12. The number of hydrazine groups is 1. The molecule has 0 radical (unpaired) electrons. The summed E-state index contributed by atoms with van der Waals surface area (Å²) in [7, 11) is 0. The largest absolute Gasteiger partial charge is 0.368 e. The zero-order chi connectivity index (χ0) is 14.3. The van der Waals surface area contributed by atoms with Crippen LogP contribution >= 0.6 is 23.5 Å². The number of nitrogens with two attached hydrogens (primary N) is 1. The molecule has 0 aliphatic heterocycles. The Morgan fingerprint density at radius 1 is 1.21 bits per heavy atom. The van der Waals surface area contributed by atoms with Crippen molar-refractivity contribution in [2.24, 2.45) is 5.84 Å². The van der Waals surface area contributed by atoms with Crippen molar-refractivity contribution in [2.75, 3.05) is 29.8 Å². The third-order valence-electron chi connectivity index (χ3n) is 3.35. The van der Waals surface area contributed by atoms with Crippen LogP contribution in [-0.4, -0.2) is 33.8 Å². The maximum absolute atomic E-state index is 5.42. The van der Waals surface area contributed by atoms with Gasteiger partial charge in [-0.3, -0.25) is 0 Å². The molecule has 0 unspecified atom stereocenters. The van der Waals surface area contributed by atoms with Gasteiger partial charge in [-0.2, -0.15) is 11.8 Å². The first kappa shape index (κ1) is 16.4. The van der Waals surface area contributed by atoms with E-state index in [1.165, 1.54) is 11.8 Å². The minimum absolute atomic E-state index is 0.251. The summed E-state index contributed by atoms with van der Waals surface area (Å²) in [5.74, 6) is 6.86. The lowest BCUT2D eigenvalue weighted by Gasteiger charge is -2.30. The van der Waals surface area contributed by atoms with E-state index >= 15 is 0 Å². The molecule has 0 aromatic carbocycles. The summed E-state index contributed by atoms with van der Waals surface area (Å²) in [5.41, 5.74) is 2.57. The van der Waals surface area contributed by atoms with Crippen LogP contribution in [0.5, 0.6) is 0 Å². The van der Waals surface area contributed by atoms with Crippen LogP contribution in [0.25, 0.3) is 0 Å². The molecule has 0 spiro atoms. The van der Waals surface area contributed by atoms with Gasteiger partial charge in [0, 0.05) is 17.4 Å². The predicted octanol–water partition coefficient (Wildman–Crippen LogP) is 2.82. The summed E-state index contributed by atoms with van der Waals surface area (Å²) in [6, 6.07) is 1.83. The van der Waals surface area contributed by atoms with E-state index < -0.39 is 0 Å². The van der Waals surface area contributed by atoms with Gasteiger partial charge >= 0.3 is 0 Å². The lowest BCUT2D eigenvalue weighted by molar-refractivity contribution is 0.573. The first-order valence-electron chi connectivity index (χ1n) is 6.31. The van der Waals surface area contributed by atoms with Crippen molar-refractivity contribution in [3.63, 3.8) is 0 Å². The second-order valence-corrected chi connectivity index (χ2v) is 6.26. The van der Waals surface area contributed by atoms with Gasteiger partial charge in [-0.1, -0.05) is 25.6 Å². The molecule has 0 saturated carbocycles. The number of aromatic nitrogens is 2. The Hall–Kier alpha value is -0.660. The van der Waals surface area contributed by atoms with Crippen molar-refractivity contribution in [1.29, 1.82) is 0 Å². The molecule has 1 aromatic rings. The summed E-state index contributed by atoms with van der Waals surface area (Å²) < 4.78 is 0.251. The van der Waals surface area contributed by atoms with Gasteiger partial charge in [0.25, 0.3) is 0 Å². The summed E-state index contributed by atoms with van der Waals surface area (Å²) in [6.07, 6.45) is 6.36. The molecule has 1 rings (SSSR count). The molecule has 4 N–H and O–H groups in total. The SMILES string of the molecule is CCC(CC)(CNc1cc(NN)nc(SC)n1)SC. The topological polar surface area (TPSA) is 75.9 Å². The van der Waals surface area contributed by atoms with E-state index in [2.05, 4.69) is 40.8 Å². The Balaban J connectivity index is 2.81. The quantitative estimate of drug-likeness (QED) is 0.295. The molecule has 0 aliphatic carbocycles. The molecule has 0 bridgehead atoms. The lowest BCUT2D eigenvalue weighted by Crippen LogP contribution is -2.32. The van der Waals surface area contributed by atoms with Crippen molar-refractivity contribution < 1.29 is 0 Å². The number of anilines is 2. The number of hydrogen-bond acceptors (Lipinski definition) is 7. The van der Waals surface area contributed by atoms with E-state index in [-0.39, 0.29) is 4.75 Å². The molecular formula is C12H23N5S2. The zero-order valence-electron chi connectivity index (χ0n) is 12.0. The van der Waals surface area contributed by atoms with Gasteiger partial charge in [-0.15, -0.1) is 0 Å². The molecule has 0 fully saturated rings. The molecule has 1 heterocycles. The third kappa shape index (κ3) is 4.43. The van der Waals surface area contributed by atoms with Crippen LogP contribution in [0.1, 0.15) is 26.7 Å². The average molecular weight is 301 g/mol. The maximum Gasteiger partial charge on any atom is 0.191 e. The van der Waals surface area contributed by atoms with Crippen molar-refractivity contribution in [1.82, 2.24) is 9.97 Å². The van der Waals surface area contributed by atoms with Crippen LogP contribution in [0, 0.1) is 0 Å². The van der Waals surface area contributed by atoms with Crippen LogP contribution in [0.2, 0.25) is 0 Å². The normalized spacial score (nSPS) is 11.4. The minimum atomic E-state index is 0.251. The summed E-state index contributed by atoms with van der Waals surface area (Å²) in [4.78, 5) is 8.69. The minimum Gasteiger partial charge on any atom is -0.368 e. The Morgan fingerprint density at radius 3 is 2.32 bits per heavy atom. The number of nitrogens with one attached hydrogen (secondary N) is 2. The van der Waals surface area contributed by atoms with Crippen molar-refractivity contribution in [2.45, 2.75) is 36.6 Å². The molecule has 0 amide bonds. The highest BCUT2D eigenvalue weighted by molar-refractivity contribution is 8.00. The standard InChI is InChI=1S/C12H23N5S2/c1-5-12(6-2,19-4)8-14-9-7-10(17-13)16-11(15-9)18-3/h7H,5-6,8,13H2,1-4H3,(H2,14,15,16,17). The molecular weight excluding hydrogens is 278 g/mol. The van der Waals surface area contributed by atoms with Gasteiger partial charge in [0.15, 0.2) is 5.16 Å². The van der Waals surface area contributed by atoms with E-state index in [0.29, 0.717) is 11.0 Å². The molecule has 0 aliphatic rings. The zero-order valence-corrected chi connectivity index (χ0v) is 13.6. The number of nitrogen functional groups attached to an aromatic ring is 1. The molecule has 0 atom stereocenters. The van der Waals surface area contributed by atoms with Gasteiger partial charge in [-0.25, -0.2) is 15.8 Å². The summed E-state index contributed by atoms with van der Waals surface area (Å²) in [5, 5.41) is 4.12. The van der Waals surface area contributed by atoms with Crippen LogP contribution in [0.3, 0.4) is 0 Å². The number of rotatable bonds is 8.